The van der Waals surface area contributed by atoms with Crippen LogP contribution in [0.25, 0.3) is 10.6 Å². The highest BCUT2D eigenvalue weighted by atomic mass is 79.9. The SMILES string of the molecule is CCOC(=O)c1csc(-c2cscc2Br)n1. The van der Waals surface area contributed by atoms with Gasteiger partial charge in [0.1, 0.15) is 5.01 Å². The molecule has 0 aliphatic rings. The van der Waals surface area contributed by atoms with Crippen molar-refractivity contribution in [2.24, 2.45) is 0 Å². The van der Waals surface area contributed by atoms with Crippen LogP contribution >= 0.6 is 38.6 Å². The molecule has 0 atom stereocenters. The first-order valence-corrected chi connectivity index (χ1v) is 7.18. The van der Waals surface area contributed by atoms with Gasteiger partial charge in [0.2, 0.25) is 0 Å². The van der Waals surface area contributed by atoms with Crippen molar-refractivity contribution in [2.75, 3.05) is 6.61 Å². The van der Waals surface area contributed by atoms with Gasteiger partial charge in [0.25, 0.3) is 0 Å². The lowest BCUT2D eigenvalue weighted by atomic mass is 10.3. The van der Waals surface area contributed by atoms with Crippen LogP contribution in [0.5, 0.6) is 0 Å². The van der Waals surface area contributed by atoms with Crippen LogP contribution in [-0.4, -0.2) is 17.6 Å². The minimum Gasteiger partial charge on any atom is -0.461 e. The van der Waals surface area contributed by atoms with Crippen LogP contribution in [0.4, 0.5) is 0 Å². The zero-order chi connectivity index (χ0) is 11.5. The molecule has 2 aromatic heterocycles. The molecule has 3 nitrogen and oxygen atoms in total. The number of nitrogens with zero attached hydrogens (tertiary/aromatic N) is 1. The molecule has 0 saturated carbocycles. The van der Waals surface area contributed by atoms with Gasteiger partial charge in [0.15, 0.2) is 5.69 Å². The highest BCUT2D eigenvalue weighted by Crippen LogP contribution is 2.33. The van der Waals surface area contributed by atoms with Crippen molar-refractivity contribution < 1.29 is 9.53 Å². The van der Waals surface area contributed by atoms with Gasteiger partial charge >= 0.3 is 5.97 Å². The fourth-order valence-electron chi connectivity index (χ4n) is 1.13. The fourth-order valence-corrected chi connectivity index (χ4v) is 3.62. The molecule has 0 fully saturated rings. The molecule has 16 heavy (non-hydrogen) atoms. The smallest absolute Gasteiger partial charge is 0.357 e. The summed E-state index contributed by atoms with van der Waals surface area (Å²) in [5.74, 6) is -0.364. The van der Waals surface area contributed by atoms with Crippen LogP contribution in [0.2, 0.25) is 0 Å². The number of esters is 1. The molecule has 0 unspecified atom stereocenters. The summed E-state index contributed by atoms with van der Waals surface area (Å²) in [4.78, 5) is 15.7. The molecule has 0 N–H and O–H groups in total. The standard InChI is InChI=1S/C10H8BrNO2S2/c1-2-14-10(13)8-5-16-9(12-8)6-3-15-4-7(6)11/h3-5H,2H2,1H3. The van der Waals surface area contributed by atoms with Gasteiger partial charge in [-0.1, -0.05) is 0 Å². The highest BCUT2D eigenvalue weighted by molar-refractivity contribution is 9.10. The monoisotopic (exact) mass is 317 g/mol. The molecule has 2 heterocycles. The van der Waals surface area contributed by atoms with E-state index in [-0.39, 0.29) is 5.97 Å². The lowest BCUT2D eigenvalue weighted by molar-refractivity contribution is 0.0520. The van der Waals surface area contributed by atoms with Crippen molar-refractivity contribution in [3.8, 4) is 10.6 Å². The van der Waals surface area contributed by atoms with Crippen molar-refractivity contribution in [3.05, 3.63) is 26.3 Å². The molecule has 0 amide bonds. The van der Waals surface area contributed by atoms with E-state index in [1.165, 1.54) is 11.3 Å². The molecule has 2 rings (SSSR count). The molecule has 0 saturated heterocycles. The number of ether oxygens (including phenoxy) is 1. The average molecular weight is 318 g/mol. The van der Waals surface area contributed by atoms with E-state index in [0.717, 1.165) is 15.0 Å². The third-order valence-electron chi connectivity index (χ3n) is 1.83. The zero-order valence-corrected chi connectivity index (χ0v) is 11.6. The molecule has 0 radical (unpaired) electrons. The number of hydrogen-bond donors (Lipinski definition) is 0. The summed E-state index contributed by atoms with van der Waals surface area (Å²) in [6.45, 7) is 2.15. The van der Waals surface area contributed by atoms with E-state index in [1.807, 2.05) is 10.8 Å². The van der Waals surface area contributed by atoms with Gasteiger partial charge in [-0.2, -0.15) is 11.3 Å². The molecule has 0 aromatic carbocycles. The number of thiazole rings is 1. The van der Waals surface area contributed by atoms with E-state index >= 15 is 0 Å². The predicted molar refractivity (Wildman–Crippen MR) is 69.1 cm³/mol. The Bertz CT molecular complexity index is 506. The molecule has 0 spiro atoms. The molecule has 0 bridgehead atoms. The Kier molecular flexibility index (Phi) is 3.73. The van der Waals surface area contributed by atoms with Crippen LogP contribution in [0, 0.1) is 0 Å². The number of hydrogen-bond acceptors (Lipinski definition) is 5. The van der Waals surface area contributed by atoms with Gasteiger partial charge in [0.05, 0.1) is 6.61 Å². The second-order valence-electron chi connectivity index (χ2n) is 2.89. The summed E-state index contributed by atoms with van der Waals surface area (Å²) in [6.07, 6.45) is 0. The minimum atomic E-state index is -0.364. The maximum absolute atomic E-state index is 11.4. The number of carbonyl (C=O) groups excluding carboxylic acids is 1. The summed E-state index contributed by atoms with van der Waals surface area (Å²) < 4.78 is 5.89. The number of halogens is 1. The van der Waals surface area contributed by atoms with Crippen LogP contribution < -0.4 is 0 Å². The van der Waals surface area contributed by atoms with E-state index in [4.69, 9.17) is 4.74 Å². The molecular weight excluding hydrogens is 310 g/mol. The van der Waals surface area contributed by atoms with Crippen molar-refractivity contribution in [2.45, 2.75) is 6.92 Å². The van der Waals surface area contributed by atoms with Gasteiger partial charge < -0.3 is 4.74 Å². The van der Waals surface area contributed by atoms with Gasteiger partial charge in [-0.25, -0.2) is 9.78 Å². The van der Waals surface area contributed by atoms with Gasteiger partial charge in [-0.15, -0.1) is 11.3 Å². The Morgan fingerprint density at radius 3 is 2.94 bits per heavy atom. The number of aromatic nitrogens is 1. The molecule has 2 aromatic rings. The van der Waals surface area contributed by atoms with Crippen LogP contribution in [-0.2, 0) is 4.74 Å². The minimum absolute atomic E-state index is 0.364. The first-order chi connectivity index (χ1) is 7.72. The zero-order valence-electron chi connectivity index (χ0n) is 8.40. The molecule has 84 valence electrons. The quantitative estimate of drug-likeness (QED) is 0.808. The van der Waals surface area contributed by atoms with E-state index in [1.54, 1.807) is 23.6 Å². The van der Waals surface area contributed by atoms with E-state index in [2.05, 4.69) is 20.9 Å². The van der Waals surface area contributed by atoms with Crippen LogP contribution in [0.15, 0.2) is 20.6 Å². The van der Waals surface area contributed by atoms with Gasteiger partial charge in [-0.05, 0) is 22.9 Å². The third-order valence-corrected chi connectivity index (χ3v) is 4.41. The molecule has 0 aliphatic heterocycles. The normalized spacial score (nSPS) is 10.4. The van der Waals surface area contributed by atoms with E-state index in [0.29, 0.717) is 12.3 Å². The maximum Gasteiger partial charge on any atom is 0.357 e. The van der Waals surface area contributed by atoms with Crippen molar-refractivity contribution >= 4 is 44.6 Å². The fraction of sp³-hybridized carbons (Fsp3) is 0.200. The van der Waals surface area contributed by atoms with Crippen LogP contribution in [0.1, 0.15) is 17.4 Å². The Labute approximate surface area is 109 Å². The Morgan fingerprint density at radius 2 is 2.31 bits per heavy atom. The first kappa shape index (κ1) is 11.8. The average Bonchev–Trinajstić information content (AvgIpc) is 2.86. The summed E-state index contributed by atoms with van der Waals surface area (Å²) >= 11 is 6.47. The highest BCUT2D eigenvalue weighted by Gasteiger charge is 2.14. The molecular formula is C10H8BrNO2S2. The van der Waals surface area contributed by atoms with Crippen molar-refractivity contribution in [1.29, 1.82) is 0 Å². The summed E-state index contributed by atoms with van der Waals surface area (Å²) in [5, 5.41) is 6.53. The van der Waals surface area contributed by atoms with Crippen molar-refractivity contribution in [3.63, 3.8) is 0 Å². The summed E-state index contributed by atoms with van der Waals surface area (Å²) in [5.41, 5.74) is 1.39. The van der Waals surface area contributed by atoms with Gasteiger partial charge in [0, 0.05) is 26.2 Å². The molecule has 6 heteroatoms. The lowest BCUT2D eigenvalue weighted by Crippen LogP contribution is -2.04. The predicted octanol–water partition coefficient (Wildman–Crippen LogP) is 3.81. The van der Waals surface area contributed by atoms with Crippen molar-refractivity contribution in [1.82, 2.24) is 4.98 Å². The summed E-state index contributed by atoms with van der Waals surface area (Å²) in [6, 6.07) is 0. The largest absolute Gasteiger partial charge is 0.461 e. The van der Waals surface area contributed by atoms with Gasteiger partial charge in [-0.3, -0.25) is 0 Å². The second-order valence-corrected chi connectivity index (χ2v) is 5.35. The molecule has 0 aliphatic carbocycles. The Morgan fingerprint density at radius 1 is 1.50 bits per heavy atom. The first-order valence-electron chi connectivity index (χ1n) is 4.57. The summed E-state index contributed by atoms with van der Waals surface area (Å²) in [7, 11) is 0. The number of carbonyl (C=O) groups is 1. The lowest BCUT2D eigenvalue weighted by Gasteiger charge is -1.96. The topological polar surface area (TPSA) is 39.2 Å². The van der Waals surface area contributed by atoms with E-state index in [9.17, 15) is 4.79 Å². The third kappa shape index (κ3) is 2.34. The maximum atomic E-state index is 11.4. The Balaban J connectivity index is 2.26. The number of thiophene rings is 1. The number of rotatable bonds is 3. The van der Waals surface area contributed by atoms with E-state index < -0.39 is 0 Å². The Hall–Kier alpha value is -0.720. The van der Waals surface area contributed by atoms with Crippen LogP contribution in [0.3, 0.4) is 0 Å². The second kappa shape index (κ2) is 5.07.